The van der Waals surface area contributed by atoms with E-state index < -0.39 is 30.1 Å². The fourth-order valence-electron chi connectivity index (χ4n) is 6.78. The molecule has 129 heavy (non-hydrogen) atoms. The van der Waals surface area contributed by atoms with E-state index in [1.54, 1.807) is 27.7 Å². The molecule has 0 saturated heterocycles. The molecule has 14 N–H and O–H groups in total. The Morgan fingerprint density at radius 1 is 0.372 bits per heavy atom. The van der Waals surface area contributed by atoms with Crippen molar-refractivity contribution < 1.29 is 97.9 Å². The van der Waals surface area contributed by atoms with Crippen LogP contribution in [0.5, 0.6) is 0 Å². The van der Waals surface area contributed by atoms with E-state index in [9.17, 15) is 63.6 Å². The summed E-state index contributed by atoms with van der Waals surface area (Å²) >= 11 is 0. The van der Waals surface area contributed by atoms with Gasteiger partial charge in [-0.15, -0.1) is 0 Å². The van der Waals surface area contributed by atoms with Crippen molar-refractivity contribution in [3.8, 4) is 0 Å². The number of nitrogens with one attached hydrogen (secondary N) is 11. The van der Waals surface area contributed by atoms with Gasteiger partial charge in [-0.2, -0.15) is 0 Å². The van der Waals surface area contributed by atoms with Crippen molar-refractivity contribution in [3.63, 3.8) is 0 Å². The third kappa shape index (κ3) is 163. The van der Waals surface area contributed by atoms with Crippen LogP contribution < -0.4 is 56.7 Å². The van der Waals surface area contributed by atoms with Crippen molar-refractivity contribution in [3.05, 3.63) is 0 Å². The molecule has 2 atom stereocenters. The number of aliphatic hydroxyl groups is 3. The van der Waals surface area contributed by atoms with Gasteiger partial charge in [0.1, 0.15) is 6.61 Å². The number of rotatable bonds is 40. The zero-order valence-electron chi connectivity index (χ0n) is 89.7. The lowest BCUT2D eigenvalue weighted by Gasteiger charge is -2.24. The van der Waals surface area contributed by atoms with Gasteiger partial charge in [0.25, 0.3) is 0 Å². The van der Waals surface area contributed by atoms with Crippen molar-refractivity contribution >= 4 is 77.9 Å². The summed E-state index contributed by atoms with van der Waals surface area (Å²) in [5.41, 5.74) is -0.253. The smallest absolute Gasteiger partial charge is 0.407 e. The number of carbonyl (C=O) groups excluding carboxylic acids is 8. The monoisotopic (exact) mass is 1920 g/mol. The molecule has 35 heteroatoms. The molecule has 0 radical (unpaired) electrons. The maximum absolute atomic E-state index is 11.3. The molecule has 8 amide bonds. The second-order valence-corrected chi connectivity index (χ2v) is 44.6. The van der Waals surface area contributed by atoms with E-state index in [-0.39, 0.29) is 77.3 Å². The van der Waals surface area contributed by atoms with Crippen molar-refractivity contribution in [2.75, 3.05) is 126 Å². The summed E-state index contributed by atoms with van der Waals surface area (Å²) < 4.78 is 89.7. The Bertz CT molecular complexity index is 2890. The zero-order chi connectivity index (χ0) is 104. The van der Waals surface area contributed by atoms with Crippen LogP contribution in [0.2, 0.25) is 0 Å². The lowest BCUT2D eigenvalue weighted by atomic mass is 9.85. The van der Waals surface area contributed by atoms with Crippen LogP contribution in [0.1, 0.15) is 326 Å². The molecule has 0 heterocycles. The van der Waals surface area contributed by atoms with Crippen LogP contribution in [0.25, 0.3) is 0 Å². The first-order chi connectivity index (χ1) is 58.9. The number of methoxy groups -OCH3 is 3. The van der Waals surface area contributed by atoms with E-state index in [0.29, 0.717) is 141 Å². The highest BCUT2D eigenvalue weighted by Crippen LogP contribution is 2.27. The Morgan fingerprint density at radius 3 is 0.915 bits per heavy atom. The molecule has 2 fully saturated rings. The maximum atomic E-state index is 11.3. The topological polar surface area (TPSA) is 469 Å². The number of alkyl carbamates (subject to hydrolysis) is 3. The summed E-state index contributed by atoms with van der Waals surface area (Å²) in [5.74, 6) is 8.36. The molecule has 0 aliphatic heterocycles. The molecule has 32 nitrogen and oxygen atoms in total. The van der Waals surface area contributed by atoms with Gasteiger partial charge in [-0.05, 0) is 174 Å². The molecule has 0 unspecified atom stereocenters. The minimum atomic E-state index is -2.97. The normalized spacial score (nSPS) is 12.4. The van der Waals surface area contributed by atoms with E-state index in [4.69, 9.17) is 15.3 Å². The number of amides is 8. The van der Waals surface area contributed by atoms with Crippen LogP contribution in [-0.2, 0) is 73.0 Å². The van der Waals surface area contributed by atoms with Crippen LogP contribution in [-0.4, -0.2) is 232 Å². The second kappa shape index (κ2) is 95.9. The largest absolute Gasteiger partial charge is 0.453 e. The van der Waals surface area contributed by atoms with Gasteiger partial charge >= 0.3 is 18.3 Å². The lowest BCUT2D eigenvalue weighted by Crippen LogP contribution is -2.35. The average molecular weight is 1920 g/mol. The number of carbonyl (C=O) groups is 8. The highest BCUT2D eigenvalue weighted by molar-refractivity contribution is 7.90. The van der Waals surface area contributed by atoms with Crippen molar-refractivity contribution in [2.45, 2.75) is 344 Å². The summed E-state index contributed by atoms with van der Waals surface area (Å²) in [6.07, 6.45) is 13.3. The van der Waals surface area contributed by atoms with Gasteiger partial charge in [-0.3, -0.25) is 24.0 Å². The van der Waals surface area contributed by atoms with Crippen molar-refractivity contribution in [1.82, 2.24) is 56.7 Å². The van der Waals surface area contributed by atoms with Crippen molar-refractivity contribution in [1.29, 1.82) is 0 Å². The van der Waals surface area contributed by atoms with Gasteiger partial charge in [0, 0.05) is 111 Å². The molecular formula is C94H207N11O21S3. The molecule has 0 bridgehead atoms. The minimum absolute atomic E-state index is 0.0341. The second-order valence-electron chi connectivity index (χ2n) is 38.8. The molecule has 782 valence electrons. The Morgan fingerprint density at radius 2 is 0.667 bits per heavy atom. The number of hydrogen-bond donors (Lipinski definition) is 14. The average Bonchev–Trinajstić information content (AvgIpc) is 1.69. The van der Waals surface area contributed by atoms with Gasteiger partial charge in [0.05, 0.1) is 50.8 Å². The molecule has 0 aromatic carbocycles. The van der Waals surface area contributed by atoms with Gasteiger partial charge in [-0.1, -0.05) is 221 Å². The van der Waals surface area contributed by atoms with E-state index in [1.807, 2.05) is 104 Å². The molecule has 2 aliphatic rings. The highest BCUT2D eigenvalue weighted by atomic mass is 32.2. The van der Waals surface area contributed by atoms with Crippen LogP contribution in [0.15, 0.2) is 0 Å². The van der Waals surface area contributed by atoms with Gasteiger partial charge in [0.15, 0.2) is 0 Å². The fourth-order valence-corrected chi connectivity index (χ4v) is 9.46. The highest BCUT2D eigenvalue weighted by Gasteiger charge is 2.35. The van der Waals surface area contributed by atoms with E-state index in [1.165, 1.54) is 40.9 Å². The maximum Gasteiger partial charge on any atom is 0.407 e. The van der Waals surface area contributed by atoms with Crippen LogP contribution in [0.4, 0.5) is 14.4 Å². The first kappa shape index (κ1) is 149. The summed E-state index contributed by atoms with van der Waals surface area (Å²) in [7, 11) is -4.63. The Kier molecular flexibility index (Phi) is 111. The zero-order valence-corrected chi connectivity index (χ0v) is 92.1. The van der Waals surface area contributed by atoms with Crippen LogP contribution in [0.3, 0.4) is 0 Å². The summed E-state index contributed by atoms with van der Waals surface area (Å²) in [4.78, 5) is 85.5. The fraction of sp³-hybridized carbons (Fsp3) is 0.915. The molecule has 2 aliphatic carbocycles. The third-order valence-corrected chi connectivity index (χ3v) is 19.8. The van der Waals surface area contributed by atoms with E-state index in [2.05, 4.69) is 186 Å². The predicted molar refractivity (Wildman–Crippen MR) is 537 cm³/mol. The van der Waals surface area contributed by atoms with Crippen LogP contribution in [0, 0.1) is 94.2 Å². The van der Waals surface area contributed by atoms with Gasteiger partial charge in [0.2, 0.25) is 59.6 Å². The molecule has 0 aromatic rings. The first-order valence-corrected chi connectivity index (χ1v) is 52.4. The Balaban J connectivity index is -0.000000115. The first-order valence-electron chi connectivity index (χ1n) is 47.1. The minimum Gasteiger partial charge on any atom is -0.453 e. The molecule has 0 aromatic heterocycles. The van der Waals surface area contributed by atoms with Crippen molar-refractivity contribution in [2.24, 2.45) is 94.2 Å². The summed E-state index contributed by atoms with van der Waals surface area (Å²) in [6, 6.07) is 0. The molecule has 0 spiro atoms. The number of sulfonamides is 3. The van der Waals surface area contributed by atoms with E-state index >= 15 is 0 Å². The van der Waals surface area contributed by atoms with Gasteiger partial charge in [-0.25, -0.2) is 53.8 Å². The van der Waals surface area contributed by atoms with Gasteiger partial charge < -0.3 is 76.8 Å². The summed E-state index contributed by atoms with van der Waals surface area (Å²) in [5, 5.41) is 47.2. The Hall–Kier alpha value is -5.27. The number of hydrogen-bond acceptors (Lipinski definition) is 21. The lowest BCUT2D eigenvalue weighted by molar-refractivity contribution is -0.128. The Labute approximate surface area is 791 Å². The van der Waals surface area contributed by atoms with E-state index in [0.717, 1.165) is 110 Å². The third-order valence-electron chi connectivity index (χ3n) is 16.4. The number of ether oxygens (including phenoxy) is 4. The summed E-state index contributed by atoms with van der Waals surface area (Å²) in [6.45, 7) is 80.6. The standard InChI is InChI=1S/C10H19NO.C10H21NO.2C8H17NO2.C7H15NO2S.C7H15NO2.C7H15NO.C6H15NO2S.C6H13NO2.C6H13NO.C5H13NO2S.2C5H12O.C4H10O/c1-8(2)6-7-11-10(12)9-4-3-5-9;1-8(2)6-7-11-9(12)10(3,4)5;1-7(2)4-5-9-8(10)6-11-3;1-4-11-8(10)9-6-5-7(2)3;1-6(2)5-8-11(9,10)7-3-4-7;1-6(2)4-5-8-7(9)10-3;1-6(2)4-5-8-7(3)9;1-6(2)4-5-7-10(3,8)9;1-5(2)4-7-6(8)9-3;1-5(2)4-7-6(3)8;1-5(2)4-6-9(3,7)8;2*1-4(2)5(3)6;1-4(2)3-5/h8-9H,3-7H2,1-2H3,(H,11,12);8H,6-7H2,1-5H3,(H,11,12);2*7H,4-6H2,1-3H3,(H,9,10);6-8H,3-5H2,1-2H3;6H,4-5H2,1-3H3,(H,8,9);6H,4-5H2,1-3H3,(H,8,9);6-7H,4-5H2,1-3H3;5H,4H2,1-3H3,(H,7,8);5H,4H2,1-3H3,(H,7,8);5-6H,4H2,1-3H3;2*4-6H,1-3H3;4-5H,3H2,1-2H3/t;;;;;;;;;;;2*5-;/m...........10./s1. The predicted octanol–water partition coefficient (Wildman–Crippen LogP) is 15.2. The molecular weight excluding hydrogens is 1720 g/mol. The molecule has 2 rings (SSSR count). The number of aliphatic hydroxyl groups excluding tert-OH is 3. The quantitative estimate of drug-likeness (QED) is 0.0253. The SMILES string of the molecule is CC(=O)NCC(C)C.CC(=O)NCCC(C)C.CC(C)CCNC(=O)C(C)(C)C.CC(C)CCNC(=O)C1CCC1.CC(C)CCNS(C)(=O)=O.CC(C)CNS(=O)(=O)C1CC1.CC(C)CNS(C)(=O)=O.CC(C)CO.CC(C)[C@@H](C)O.CC(C)[C@H](C)O.CCOC(=O)NCCC(C)C.COC(=O)NCC(C)C.COC(=O)NCCC(C)C.COCC(=O)NCCC(C)C. The molecule has 2 saturated carbocycles. The van der Waals surface area contributed by atoms with Crippen LogP contribution >= 0.6 is 0 Å².